The van der Waals surface area contributed by atoms with E-state index < -0.39 is 0 Å². The van der Waals surface area contributed by atoms with Gasteiger partial charge in [-0.3, -0.25) is 0 Å². The zero-order chi connectivity index (χ0) is 5.40. The monoisotopic (exact) mass is 112 g/mol. The van der Waals surface area contributed by atoms with Gasteiger partial charge in [0.25, 0.3) is 0 Å². The molecule has 0 bridgehead atoms. The van der Waals surface area contributed by atoms with Gasteiger partial charge in [-0.15, -0.1) is 0 Å². The van der Waals surface area contributed by atoms with Crippen LogP contribution in [0.25, 0.3) is 0 Å². The average molecular weight is 112 g/mol. The number of hydrogen-bond acceptors (Lipinski definition) is 2. The molecule has 2 aliphatic rings. The fraction of sp³-hybridized carbons (Fsp3) is 1.00. The highest BCUT2D eigenvalue weighted by Gasteiger charge is 2.31. The Hall–Kier alpha value is -0.0800. The zero-order valence-electron chi connectivity index (χ0n) is 4.98. The first kappa shape index (κ1) is 4.77. The third-order valence-corrected chi connectivity index (χ3v) is 2.25. The van der Waals surface area contributed by atoms with Gasteiger partial charge in [0.15, 0.2) is 0 Å². The third-order valence-electron chi connectivity index (χ3n) is 2.25. The summed E-state index contributed by atoms with van der Waals surface area (Å²) < 4.78 is 0. The van der Waals surface area contributed by atoms with E-state index in [-0.39, 0.29) is 0 Å². The van der Waals surface area contributed by atoms with Gasteiger partial charge in [-0.1, -0.05) is 0 Å². The van der Waals surface area contributed by atoms with Crippen molar-refractivity contribution in [2.24, 2.45) is 5.92 Å². The molecule has 2 fully saturated rings. The largest absolute Gasteiger partial charge is 0.316 e. The van der Waals surface area contributed by atoms with E-state index >= 15 is 0 Å². The van der Waals surface area contributed by atoms with E-state index in [4.69, 9.17) is 0 Å². The molecule has 2 heterocycles. The molecule has 2 heteroatoms. The van der Waals surface area contributed by atoms with Crippen LogP contribution in [0.4, 0.5) is 0 Å². The van der Waals surface area contributed by atoms with Crippen LogP contribution < -0.4 is 10.6 Å². The normalized spacial score (nSPS) is 45.0. The van der Waals surface area contributed by atoms with Gasteiger partial charge in [-0.2, -0.15) is 0 Å². The Balaban J connectivity index is 1.92. The molecule has 0 saturated carbocycles. The lowest BCUT2D eigenvalue weighted by atomic mass is 9.86. The van der Waals surface area contributed by atoms with Crippen molar-refractivity contribution in [3.8, 4) is 0 Å². The summed E-state index contributed by atoms with van der Waals surface area (Å²) in [5, 5.41) is 6.78. The van der Waals surface area contributed by atoms with Gasteiger partial charge in [0, 0.05) is 19.1 Å². The van der Waals surface area contributed by atoms with Gasteiger partial charge in [-0.25, -0.2) is 0 Å². The molecule has 0 spiro atoms. The summed E-state index contributed by atoms with van der Waals surface area (Å²) >= 11 is 0. The van der Waals surface area contributed by atoms with Crippen LogP contribution in [0.5, 0.6) is 0 Å². The minimum atomic E-state index is 0.872. The fourth-order valence-corrected chi connectivity index (χ4v) is 1.55. The van der Waals surface area contributed by atoms with Crippen LogP contribution in [0.15, 0.2) is 0 Å². The maximum atomic E-state index is 3.41. The van der Waals surface area contributed by atoms with Gasteiger partial charge in [0.2, 0.25) is 0 Å². The molecule has 46 valence electrons. The second-order valence-electron chi connectivity index (χ2n) is 2.77. The summed E-state index contributed by atoms with van der Waals surface area (Å²) in [6.07, 6.45) is 1.34. The zero-order valence-corrected chi connectivity index (χ0v) is 4.98. The molecule has 0 radical (unpaired) electrons. The Kier molecular flexibility index (Phi) is 1.02. The van der Waals surface area contributed by atoms with Crippen molar-refractivity contribution < 1.29 is 0 Å². The predicted octanol–water partition coefficient (Wildman–Crippen LogP) is -0.432. The third kappa shape index (κ3) is 0.565. The second-order valence-corrected chi connectivity index (χ2v) is 2.77. The highest BCUT2D eigenvalue weighted by Crippen LogP contribution is 2.17. The molecule has 2 aliphatic heterocycles. The quantitative estimate of drug-likeness (QED) is 0.444. The molecule has 0 aromatic heterocycles. The summed E-state index contributed by atoms with van der Waals surface area (Å²) in [5.74, 6) is 0.962. The Bertz CT molecular complexity index is 80.5. The van der Waals surface area contributed by atoms with E-state index in [9.17, 15) is 0 Å². The van der Waals surface area contributed by atoms with Crippen molar-refractivity contribution in [1.82, 2.24) is 10.6 Å². The molecule has 0 unspecified atom stereocenters. The lowest BCUT2D eigenvalue weighted by Crippen LogP contribution is -2.60. The summed E-state index contributed by atoms with van der Waals surface area (Å²) in [6.45, 7) is 3.71. The molecule has 0 aromatic carbocycles. The van der Waals surface area contributed by atoms with Gasteiger partial charge in [0.05, 0.1) is 0 Å². The molecular formula is C6H12N2. The lowest BCUT2D eigenvalue weighted by molar-refractivity contribution is 0.181. The second kappa shape index (κ2) is 1.71. The number of nitrogens with one attached hydrogen (secondary N) is 2. The predicted molar refractivity (Wildman–Crippen MR) is 32.8 cm³/mol. The Labute approximate surface area is 49.7 Å². The number of piperidine rings is 1. The van der Waals surface area contributed by atoms with E-state index in [2.05, 4.69) is 10.6 Å². The number of hydrogen-bond donors (Lipinski definition) is 2. The first-order valence-corrected chi connectivity index (χ1v) is 3.41. The summed E-state index contributed by atoms with van der Waals surface area (Å²) in [6, 6.07) is 0.872. The molecular weight excluding hydrogens is 100 g/mol. The van der Waals surface area contributed by atoms with Crippen molar-refractivity contribution in [2.45, 2.75) is 12.5 Å². The van der Waals surface area contributed by atoms with Crippen molar-refractivity contribution in [3.63, 3.8) is 0 Å². The van der Waals surface area contributed by atoms with Crippen LogP contribution in [0, 0.1) is 5.92 Å². The van der Waals surface area contributed by atoms with Crippen molar-refractivity contribution >= 4 is 0 Å². The molecule has 0 aliphatic carbocycles. The lowest BCUT2D eigenvalue weighted by Gasteiger charge is -2.41. The van der Waals surface area contributed by atoms with Crippen LogP contribution >= 0.6 is 0 Å². The maximum Gasteiger partial charge on any atom is 0.0132 e. The molecule has 2 rings (SSSR count). The molecule has 2 nitrogen and oxygen atoms in total. The van der Waals surface area contributed by atoms with Gasteiger partial charge >= 0.3 is 0 Å². The van der Waals surface area contributed by atoms with Crippen LogP contribution in [0.3, 0.4) is 0 Å². The first-order valence-electron chi connectivity index (χ1n) is 3.41. The van der Waals surface area contributed by atoms with Crippen molar-refractivity contribution in [1.29, 1.82) is 0 Å². The van der Waals surface area contributed by atoms with E-state index in [1.165, 1.54) is 26.1 Å². The SMILES string of the molecule is C1C[C@H]2NC[C@@H]2CN1. The van der Waals surface area contributed by atoms with Crippen molar-refractivity contribution in [3.05, 3.63) is 0 Å². The Morgan fingerprint density at radius 3 is 2.62 bits per heavy atom. The Morgan fingerprint density at radius 2 is 2.25 bits per heavy atom. The van der Waals surface area contributed by atoms with E-state index in [1.807, 2.05) is 0 Å². The highest BCUT2D eigenvalue weighted by molar-refractivity contribution is 4.92. The smallest absolute Gasteiger partial charge is 0.0132 e. The number of rotatable bonds is 0. The van der Waals surface area contributed by atoms with Gasteiger partial charge in [0.1, 0.15) is 0 Å². The molecule has 0 aromatic rings. The summed E-state index contributed by atoms with van der Waals surface area (Å²) in [4.78, 5) is 0. The van der Waals surface area contributed by atoms with Gasteiger partial charge in [-0.05, 0) is 18.9 Å². The van der Waals surface area contributed by atoms with E-state index in [1.54, 1.807) is 0 Å². The van der Waals surface area contributed by atoms with Crippen LogP contribution in [0.2, 0.25) is 0 Å². The minimum absolute atomic E-state index is 0.872. The standard InChI is InChI=1S/C6H12N2/c1-2-7-3-5-4-8-6(1)5/h5-8H,1-4H2/t5-,6+/m0/s1. The Morgan fingerprint density at radius 1 is 1.25 bits per heavy atom. The topological polar surface area (TPSA) is 24.1 Å². The van der Waals surface area contributed by atoms with Gasteiger partial charge < -0.3 is 10.6 Å². The summed E-state index contributed by atoms with van der Waals surface area (Å²) in [5.41, 5.74) is 0. The van der Waals surface area contributed by atoms with E-state index in [0.29, 0.717) is 0 Å². The van der Waals surface area contributed by atoms with Crippen molar-refractivity contribution in [2.75, 3.05) is 19.6 Å². The molecule has 2 N–H and O–H groups in total. The highest BCUT2D eigenvalue weighted by atomic mass is 15.1. The van der Waals surface area contributed by atoms with Crippen LogP contribution in [0.1, 0.15) is 6.42 Å². The first-order chi connectivity index (χ1) is 3.97. The molecule has 8 heavy (non-hydrogen) atoms. The van der Waals surface area contributed by atoms with E-state index in [0.717, 1.165) is 12.0 Å². The number of fused-ring (bicyclic) bond motifs is 1. The molecule has 2 saturated heterocycles. The average Bonchev–Trinajstić information content (AvgIpc) is 1.72. The molecule has 2 atom stereocenters. The molecule has 0 amide bonds. The fourth-order valence-electron chi connectivity index (χ4n) is 1.55. The summed E-state index contributed by atoms with van der Waals surface area (Å²) in [7, 11) is 0. The van der Waals surface area contributed by atoms with Crippen LogP contribution in [-0.4, -0.2) is 25.7 Å². The maximum absolute atomic E-state index is 3.41. The minimum Gasteiger partial charge on any atom is -0.316 e. The van der Waals surface area contributed by atoms with Crippen LogP contribution in [-0.2, 0) is 0 Å².